The predicted molar refractivity (Wildman–Crippen MR) is 81.5 cm³/mol. The fourth-order valence-electron chi connectivity index (χ4n) is 1.73. The van der Waals surface area contributed by atoms with Crippen LogP contribution in [0.15, 0.2) is 33.8 Å². The van der Waals surface area contributed by atoms with Gasteiger partial charge in [-0.1, -0.05) is 17.3 Å². The Hall–Kier alpha value is -2.70. The third kappa shape index (κ3) is 4.15. The van der Waals surface area contributed by atoms with Crippen LogP contribution in [-0.4, -0.2) is 21.8 Å². The van der Waals surface area contributed by atoms with E-state index in [1.54, 1.807) is 26.0 Å². The van der Waals surface area contributed by atoms with Crippen LogP contribution in [0, 0.1) is 6.92 Å². The van der Waals surface area contributed by atoms with Crippen LogP contribution >= 0.6 is 0 Å². The zero-order valence-electron chi connectivity index (χ0n) is 13.0. The van der Waals surface area contributed by atoms with Crippen molar-refractivity contribution in [1.82, 2.24) is 10.2 Å². The molecule has 1 atom stereocenters. The highest BCUT2D eigenvalue weighted by molar-refractivity contribution is 5.99. The minimum absolute atomic E-state index is 0.106. The van der Waals surface area contributed by atoms with E-state index in [1.807, 2.05) is 19.1 Å². The molecule has 1 heterocycles. The molecular formula is C15H18N4O3. The first-order valence-electron chi connectivity index (χ1n) is 6.84. The summed E-state index contributed by atoms with van der Waals surface area (Å²) in [5, 5.41) is 14.4. The molecule has 1 aromatic carbocycles. The Morgan fingerprint density at radius 1 is 1.27 bits per heavy atom. The summed E-state index contributed by atoms with van der Waals surface area (Å²) in [6, 6.07) is 7.32. The summed E-state index contributed by atoms with van der Waals surface area (Å²) in [6.45, 7) is 6.80. The molecule has 7 nitrogen and oxygen atoms in total. The number of hydrogen-bond donors (Lipinski definition) is 1. The average molecular weight is 302 g/mol. The van der Waals surface area contributed by atoms with Gasteiger partial charge in [-0.15, -0.1) is 10.2 Å². The summed E-state index contributed by atoms with van der Waals surface area (Å²) in [6.07, 6.45) is -0.421. The van der Waals surface area contributed by atoms with E-state index in [2.05, 4.69) is 20.7 Å². The second-order valence-corrected chi connectivity index (χ2v) is 4.84. The van der Waals surface area contributed by atoms with Crippen molar-refractivity contribution < 1.29 is 14.0 Å². The summed E-state index contributed by atoms with van der Waals surface area (Å²) in [7, 11) is 0. The van der Waals surface area contributed by atoms with Crippen molar-refractivity contribution >= 4 is 17.3 Å². The van der Waals surface area contributed by atoms with Gasteiger partial charge in [-0.3, -0.25) is 4.79 Å². The molecule has 1 N–H and O–H groups in total. The molecule has 0 saturated heterocycles. The molecule has 1 aromatic heterocycles. The van der Waals surface area contributed by atoms with Crippen molar-refractivity contribution in [3.8, 4) is 0 Å². The summed E-state index contributed by atoms with van der Waals surface area (Å²) in [5.41, 5.74) is 2.33. The van der Waals surface area contributed by atoms with Crippen LogP contribution in [0.3, 0.4) is 0 Å². The SMILES string of the molecule is CC(=O)Nc1ccc(C(C)=NOC(C)c2nnc(C)o2)cc1. The van der Waals surface area contributed by atoms with Crippen molar-refractivity contribution in [2.45, 2.75) is 33.8 Å². The van der Waals surface area contributed by atoms with Crippen molar-refractivity contribution in [1.29, 1.82) is 0 Å². The van der Waals surface area contributed by atoms with Gasteiger partial charge in [0, 0.05) is 19.5 Å². The van der Waals surface area contributed by atoms with Gasteiger partial charge < -0.3 is 14.6 Å². The second-order valence-electron chi connectivity index (χ2n) is 4.84. The zero-order valence-corrected chi connectivity index (χ0v) is 13.0. The van der Waals surface area contributed by atoms with E-state index < -0.39 is 6.10 Å². The maximum atomic E-state index is 11.0. The first-order valence-corrected chi connectivity index (χ1v) is 6.84. The smallest absolute Gasteiger partial charge is 0.259 e. The van der Waals surface area contributed by atoms with Crippen LogP contribution in [0.2, 0.25) is 0 Å². The third-order valence-electron chi connectivity index (χ3n) is 2.86. The normalized spacial score (nSPS) is 12.8. The van der Waals surface area contributed by atoms with E-state index in [0.717, 1.165) is 11.3 Å². The summed E-state index contributed by atoms with van der Waals surface area (Å²) < 4.78 is 5.28. The number of aromatic nitrogens is 2. The number of nitrogens with zero attached hydrogens (tertiary/aromatic N) is 3. The summed E-state index contributed by atoms with van der Waals surface area (Å²) in [5.74, 6) is 0.764. The van der Waals surface area contributed by atoms with Gasteiger partial charge in [-0.25, -0.2) is 0 Å². The Morgan fingerprint density at radius 3 is 2.50 bits per heavy atom. The van der Waals surface area contributed by atoms with E-state index in [9.17, 15) is 4.79 Å². The molecule has 0 saturated carbocycles. The summed E-state index contributed by atoms with van der Waals surface area (Å²) >= 11 is 0. The second kappa shape index (κ2) is 6.84. The predicted octanol–water partition coefficient (Wildman–Crippen LogP) is 2.84. The standard InChI is InChI=1S/C15H18N4O3/c1-9(13-5-7-14(8-6-13)16-11(3)20)19-22-10(2)15-18-17-12(4)21-15/h5-8,10H,1-4H3,(H,16,20). The van der Waals surface area contributed by atoms with Gasteiger partial charge in [0.25, 0.3) is 5.89 Å². The lowest BCUT2D eigenvalue weighted by molar-refractivity contribution is -0.114. The van der Waals surface area contributed by atoms with Crippen LogP contribution in [0.25, 0.3) is 0 Å². The fourth-order valence-corrected chi connectivity index (χ4v) is 1.73. The quantitative estimate of drug-likeness (QED) is 0.677. The van der Waals surface area contributed by atoms with Crippen LogP contribution < -0.4 is 5.32 Å². The van der Waals surface area contributed by atoms with E-state index in [1.165, 1.54) is 6.92 Å². The van der Waals surface area contributed by atoms with Crippen LogP contribution in [0.1, 0.15) is 44.2 Å². The Bertz CT molecular complexity index is 676. The van der Waals surface area contributed by atoms with Crippen molar-refractivity contribution in [2.75, 3.05) is 5.32 Å². The van der Waals surface area contributed by atoms with E-state index >= 15 is 0 Å². The largest absolute Gasteiger partial charge is 0.422 e. The molecule has 22 heavy (non-hydrogen) atoms. The number of nitrogens with one attached hydrogen (secondary N) is 1. The maximum Gasteiger partial charge on any atom is 0.259 e. The van der Waals surface area contributed by atoms with Gasteiger partial charge in [0.2, 0.25) is 17.9 Å². The molecule has 0 aliphatic carbocycles. The number of anilines is 1. The number of carbonyl (C=O) groups is 1. The van der Waals surface area contributed by atoms with Crippen LogP contribution in [-0.2, 0) is 9.63 Å². The first kappa shape index (κ1) is 15.7. The van der Waals surface area contributed by atoms with Gasteiger partial charge in [0.05, 0.1) is 5.71 Å². The molecule has 0 fully saturated rings. The highest BCUT2D eigenvalue weighted by atomic mass is 16.6. The Labute approximate surface area is 128 Å². The van der Waals surface area contributed by atoms with Gasteiger partial charge in [0.15, 0.2) is 0 Å². The maximum absolute atomic E-state index is 11.0. The number of amides is 1. The fraction of sp³-hybridized carbons (Fsp3) is 0.333. The minimum Gasteiger partial charge on any atom is -0.422 e. The first-order chi connectivity index (χ1) is 10.5. The third-order valence-corrected chi connectivity index (χ3v) is 2.86. The lowest BCUT2D eigenvalue weighted by Crippen LogP contribution is -2.06. The Morgan fingerprint density at radius 2 is 1.95 bits per heavy atom. The number of benzene rings is 1. The molecular weight excluding hydrogens is 284 g/mol. The van der Waals surface area contributed by atoms with E-state index in [4.69, 9.17) is 9.25 Å². The number of oxime groups is 1. The number of carbonyl (C=O) groups excluding carboxylic acids is 1. The summed E-state index contributed by atoms with van der Waals surface area (Å²) in [4.78, 5) is 16.3. The molecule has 2 rings (SSSR count). The van der Waals surface area contributed by atoms with E-state index in [0.29, 0.717) is 17.5 Å². The monoisotopic (exact) mass is 302 g/mol. The number of rotatable bonds is 5. The van der Waals surface area contributed by atoms with Gasteiger partial charge >= 0.3 is 0 Å². The lowest BCUT2D eigenvalue weighted by atomic mass is 10.1. The van der Waals surface area contributed by atoms with Crippen molar-refractivity contribution in [3.63, 3.8) is 0 Å². The highest BCUT2D eigenvalue weighted by Gasteiger charge is 2.13. The average Bonchev–Trinajstić information content (AvgIpc) is 2.91. The molecule has 0 aliphatic rings. The van der Waals surface area contributed by atoms with Gasteiger partial charge in [0.1, 0.15) is 0 Å². The molecule has 0 bridgehead atoms. The molecule has 0 radical (unpaired) electrons. The minimum atomic E-state index is -0.421. The van der Waals surface area contributed by atoms with E-state index in [-0.39, 0.29) is 5.91 Å². The number of hydrogen-bond acceptors (Lipinski definition) is 6. The molecule has 116 valence electrons. The van der Waals surface area contributed by atoms with Crippen molar-refractivity contribution in [3.05, 3.63) is 41.6 Å². The number of aryl methyl sites for hydroxylation is 1. The topological polar surface area (TPSA) is 89.6 Å². The van der Waals surface area contributed by atoms with Crippen LogP contribution in [0.5, 0.6) is 0 Å². The molecule has 1 amide bonds. The Balaban J connectivity index is 2.00. The zero-order chi connectivity index (χ0) is 16.1. The molecule has 1 unspecified atom stereocenters. The van der Waals surface area contributed by atoms with Crippen LogP contribution in [0.4, 0.5) is 5.69 Å². The molecule has 2 aromatic rings. The molecule has 7 heteroatoms. The van der Waals surface area contributed by atoms with Gasteiger partial charge in [-0.2, -0.15) is 0 Å². The van der Waals surface area contributed by atoms with Crippen molar-refractivity contribution in [2.24, 2.45) is 5.16 Å². The lowest BCUT2D eigenvalue weighted by Gasteiger charge is -2.07. The molecule has 0 aliphatic heterocycles. The highest BCUT2D eigenvalue weighted by Crippen LogP contribution is 2.16. The molecule has 0 spiro atoms. The Kier molecular flexibility index (Phi) is 4.88. The van der Waals surface area contributed by atoms with Gasteiger partial charge in [-0.05, 0) is 31.5 Å².